The van der Waals surface area contributed by atoms with Crippen molar-refractivity contribution in [3.63, 3.8) is 0 Å². The number of thiophene rings is 1. The number of hydrogen-bond acceptors (Lipinski definition) is 6. The maximum absolute atomic E-state index is 12.5. The first-order valence-electron chi connectivity index (χ1n) is 10.1. The number of nitrogen functional groups attached to an aromatic ring is 1. The number of amides is 1. The minimum absolute atomic E-state index is 0.0707. The van der Waals surface area contributed by atoms with Gasteiger partial charge in [0, 0.05) is 24.5 Å². The van der Waals surface area contributed by atoms with Crippen LogP contribution in [-0.4, -0.2) is 28.8 Å². The second kappa shape index (κ2) is 8.71. The van der Waals surface area contributed by atoms with E-state index in [4.69, 9.17) is 5.73 Å². The first-order chi connectivity index (χ1) is 14.5. The van der Waals surface area contributed by atoms with E-state index < -0.39 is 5.56 Å². The molecule has 0 bridgehead atoms. The highest BCUT2D eigenvalue weighted by atomic mass is 32.1. The average Bonchev–Trinajstić information content (AvgIpc) is 3.27. The first-order valence-corrected chi connectivity index (χ1v) is 10.9. The van der Waals surface area contributed by atoms with Crippen LogP contribution in [0.25, 0.3) is 10.6 Å². The van der Waals surface area contributed by atoms with Crippen LogP contribution in [0.3, 0.4) is 0 Å². The van der Waals surface area contributed by atoms with Crippen LogP contribution in [0.5, 0.6) is 0 Å². The number of anilines is 3. The number of piperidine rings is 1. The van der Waals surface area contributed by atoms with E-state index >= 15 is 0 Å². The Morgan fingerprint density at radius 3 is 2.80 bits per heavy atom. The van der Waals surface area contributed by atoms with Crippen molar-refractivity contribution in [2.24, 2.45) is 5.92 Å². The zero-order valence-corrected chi connectivity index (χ0v) is 17.7. The Hall–Kier alpha value is -3.13. The largest absolute Gasteiger partial charge is 0.394 e. The Bertz CT molecular complexity index is 1080. The molecule has 0 radical (unpaired) electrons. The molecule has 0 spiro atoms. The lowest BCUT2D eigenvalue weighted by atomic mass is 10.00. The third kappa shape index (κ3) is 4.54. The number of carbonyl (C=O) groups excluding carboxylic acids is 1. The molecule has 1 aliphatic rings. The minimum atomic E-state index is -0.472. The molecule has 3 aromatic rings. The summed E-state index contributed by atoms with van der Waals surface area (Å²) in [7, 11) is 0. The normalized spacial score (nSPS) is 16.4. The molecule has 1 aliphatic heterocycles. The zero-order valence-electron chi connectivity index (χ0n) is 16.9. The van der Waals surface area contributed by atoms with Crippen LogP contribution in [-0.2, 0) is 11.3 Å². The maximum atomic E-state index is 12.5. The van der Waals surface area contributed by atoms with Crippen LogP contribution in [0.1, 0.15) is 19.8 Å². The fourth-order valence-electron chi connectivity index (χ4n) is 3.73. The van der Waals surface area contributed by atoms with Crippen LogP contribution in [0.4, 0.5) is 17.1 Å². The Kier molecular flexibility index (Phi) is 5.85. The summed E-state index contributed by atoms with van der Waals surface area (Å²) in [5, 5.41) is 9.06. The van der Waals surface area contributed by atoms with Gasteiger partial charge in [-0.05, 0) is 60.5 Å². The monoisotopic (exact) mass is 423 g/mol. The van der Waals surface area contributed by atoms with Crippen molar-refractivity contribution in [2.45, 2.75) is 26.3 Å². The highest BCUT2D eigenvalue weighted by Crippen LogP contribution is 2.25. The number of hydrogen-bond donors (Lipinski definition) is 2. The fourth-order valence-corrected chi connectivity index (χ4v) is 4.41. The molecule has 1 atom stereocenters. The number of rotatable bonds is 5. The van der Waals surface area contributed by atoms with Crippen molar-refractivity contribution in [3.8, 4) is 10.6 Å². The number of nitrogens with zero attached hydrogens (tertiary/aromatic N) is 3. The van der Waals surface area contributed by atoms with E-state index in [9.17, 15) is 9.59 Å². The molecule has 4 rings (SSSR count). The van der Waals surface area contributed by atoms with E-state index in [0.717, 1.165) is 28.3 Å². The van der Waals surface area contributed by atoms with Gasteiger partial charge < -0.3 is 16.0 Å². The van der Waals surface area contributed by atoms with E-state index in [2.05, 4.69) is 22.2 Å². The summed E-state index contributed by atoms with van der Waals surface area (Å²) < 4.78 is 1.11. The molecule has 0 unspecified atom stereocenters. The van der Waals surface area contributed by atoms with Crippen molar-refractivity contribution >= 4 is 34.3 Å². The van der Waals surface area contributed by atoms with Gasteiger partial charge in [-0.1, -0.05) is 13.0 Å². The van der Waals surface area contributed by atoms with E-state index in [1.54, 1.807) is 6.07 Å². The molecule has 3 heterocycles. The molecule has 1 fully saturated rings. The molecule has 0 aliphatic carbocycles. The van der Waals surface area contributed by atoms with Gasteiger partial charge in [0.15, 0.2) is 0 Å². The highest BCUT2D eigenvalue weighted by molar-refractivity contribution is 7.13. The molecule has 3 N–H and O–H groups in total. The standard InChI is InChI=1S/C22H25N5O2S/c1-15-4-2-10-26(13-15)17-8-6-16(7-9-17)24-21(28)14-27-22(29)18(23)12-19(25-27)20-5-3-11-30-20/h3,5-9,11-12,15H,2,4,10,13-14,23H2,1H3,(H,24,28)/t15-/m0/s1. The van der Waals surface area contributed by atoms with Gasteiger partial charge in [-0.3, -0.25) is 9.59 Å². The predicted octanol–water partition coefficient (Wildman–Crippen LogP) is 3.43. The van der Waals surface area contributed by atoms with E-state index in [0.29, 0.717) is 17.3 Å². The molecule has 2 aromatic heterocycles. The van der Waals surface area contributed by atoms with E-state index in [1.807, 2.05) is 41.8 Å². The van der Waals surface area contributed by atoms with Gasteiger partial charge in [-0.25, -0.2) is 4.68 Å². The van der Waals surface area contributed by atoms with Crippen LogP contribution < -0.4 is 21.5 Å². The molecule has 1 aromatic carbocycles. The summed E-state index contributed by atoms with van der Waals surface area (Å²) >= 11 is 1.50. The van der Waals surface area contributed by atoms with Crippen LogP contribution in [0.2, 0.25) is 0 Å². The minimum Gasteiger partial charge on any atom is -0.394 e. The maximum Gasteiger partial charge on any atom is 0.290 e. The van der Waals surface area contributed by atoms with Gasteiger partial charge in [0.1, 0.15) is 17.9 Å². The highest BCUT2D eigenvalue weighted by Gasteiger charge is 2.17. The molecule has 1 saturated heterocycles. The second-order valence-electron chi connectivity index (χ2n) is 7.71. The van der Waals surface area contributed by atoms with E-state index in [-0.39, 0.29) is 18.1 Å². The van der Waals surface area contributed by atoms with Crippen molar-refractivity contribution in [1.82, 2.24) is 9.78 Å². The summed E-state index contributed by atoms with van der Waals surface area (Å²) in [6.07, 6.45) is 2.48. The summed E-state index contributed by atoms with van der Waals surface area (Å²) in [5.41, 5.74) is 7.87. The summed E-state index contributed by atoms with van der Waals surface area (Å²) in [4.78, 5) is 28.1. The first kappa shape index (κ1) is 20.2. The van der Waals surface area contributed by atoms with Gasteiger partial charge in [0.05, 0.1) is 4.88 Å². The quantitative estimate of drug-likeness (QED) is 0.656. The van der Waals surface area contributed by atoms with Crippen molar-refractivity contribution in [3.05, 3.63) is 58.2 Å². The Morgan fingerprint density at radius 1 is 1.30 bits per heavy atom. The molecule has 1 amide bonds. The lowest BCUT2D eigenvalue weighted by molar-refractivity contribution is -0.117. The van der Waals surface area contributed by atoms with Crippen molar-refractivity contribution in [1.29, 1.82) is 0 Å². The van der Waals surface area contributed by atoms with Gasteiger partial charge in [0.25, 0.3) is 5.56 Å². The molecule has 8 heteroatoms. The lowest BCUT2D eigenvalue weighted by Gasteiger charge is -2.32. The van der Waals surface area contributed by atoms with E-state index in [1.165, 1.54) is 24.2 Å². The van der Waals surface area contributed by atoms with Crippen LogP contribution >= 0.6 is 11.3 Å². The van der Waals surface area contributed by atoms with Gasteiger partial charge >= 0.3 is 0 Å². The second-order valence-corrected chi connectivity index (χ2v) is 8.66. The Labute approximate surface area is 179 Å². The number of nitrogens with one attached hydrogen (secondary N) is 1. The molecular formula is C22H25N5O2S. The van der Waals surface area contributed by atoms with Gasteiger partial charge in [0.2, 0.25) is 5.91 Å². The number of benzene rings is 1. The predicted molar refractivity (Wildman–Crippen MR) is 122 cm³/mol. The van der Waals surface area contributed by atoms with Crippen molar-refractivity contribution in [2.75, 3.05) is 29.0 Å². The third-order valence-corrected chi connectivity index (χ3v) is 6.13. The Balaban J connectivity index is 1.44. The van der Waals surface area contributed by atoms with Crippen molar-refractivity contribution < 1.29 is 4.79 Å². The SMILES string of the molecule is C[C@H]1CCCN(c2ccc(NC(=O)Cn3nc(-c4cccs4)cc(N)c3=O)cc2)C1. The summed E-state index contributed by atoms with van der Waals surface area (Å²) in [5.74, 6) is 0.369. The Morgan fingerprint density at radius 2 is 2.10 bits per heavy atom. The fraction of sp³-hybridized carbons (Fsp3) is 0.318. The molecule has 0 saturated carbocycles. The summed E-state index contributed by atoms with van der Waals surface area (Å²) in [6, 6.07) is 13.2. The van der Waals surface area contributed by atoms with Crippen LogP contribution in [0, 0.1) is 5.92 Å². The van der Waals surface area contributed by atoms with Gasteiger partial charge in [-0.15, -0.1) is 11.3 Å². The van der Waals surface area contributed by atoms with Gasteiger partial charge in [-0.2, -0.15) is 5.10 Å². The zero-order chi connectivity index (χ0) is 21.1. The third-order valence-electron chi connectivity index (χ3n) is 5.24. The number of nitrogens with two attached hydrogens (primary N) is 1. The molecule has 7 nitrogen and oxygen atoms in total. The average molecular weight is 424 g/mol. The number of aromatic nitrogens is 2. The number of carbonyl (C=O) groups is 1. The topological polar surface area (TPSA) is 93.2 Å². The molecule has 30 heavy (non-hydrogen) atoms. The summed E-state index contributed by atoms with van der Waals surface area (Å²) in [6.45, 7) is 4.19. The molecule has 156 valence electrons. The lowest BCUT2D eigenvalue weighted by Crippen LogP contribution is -2.34. The van der Waals surface area contributed by atoms with Crippen LogP contribution in [0.15, 0.2) is 52.6 Å². The molecular weight excluding hydrogens is 398 g/mol. The smallest absolute Gasteiger partial charge is 0.290 e.